The second-order valence-electron chi connectivity index (χ2n) is 5.38. The Bertz CT molecular complexity index is 511. The van der Waals surface area contributed by atoms with Gasteiger partial charge in [0.1, 0.15) is 0 Å². The van der Waals surface area contributed by atoms with Crippen molar-refractivity contribution >= 4 is 21.8 Å². The average molecular weight is 340 g/mol. The van der Waals surface area contributed by atoms with Crippen LogP contribution in [-0.2, 0) is 4.74 Å². The molecule has 2 aliphatic heterocycles. The summed E-state index contributed by atoms with van der Waals surface area (Å²) in [6, 6.07) is 1.92. The summed E-state index contributed by atoms with van der Waals surface area (Å²) in [6.07, 6.45) is 4.48. The van der Waals surface area contributed by atoms with E-state index in [2.05, 4.69) is 32.9 Å². The first-order valence-electron chi connectivity index (χ1n) is 6.87. The summed E-state index contributed by atoms with van der Waals surface area (Å²) in [5.41, 5.74) is 0.675. The minimum Gasteiger partial charge on any atom is -0.374 e. The molecule has 1 amide bonds. The molecule has 0 aliphatic carbocycles. The Kier molecular flexibility index (Phi) is 4.05. The van der Waals surface area contributed by atoms with Gasteiger partial charge in [-0.15, -0.1) is 0 Å². The number of ether oxygens (including phenoxy) is 1. The molecule has 0 aromatic carbocycles. The van der Waals surface area contributed by atoms with Gasteiger partial charge in [-0.1, -0.05) is 0 Å². The van der Waals surface area contributed by atoms with Gasteiger partial charge in [0.15, 0.2) is 0 Å². The predicted octanol–water partition coefficient (Wildman–Crippen LogP) is 1.39. The maximum absolute atomic E-state index is 12.8. The molecule has 0 spiro atoms. The molecule has 0 bridgehead atoms. The Morgan fingerprint density at radius 1 is 1.50 bits per heavy atom. The highest BCUT2D eigenvalue weighted by Gasteiger charge is 2.38. The first-order valence-corrected chi connectivity index (χ1v) is 7.67. The van der Waals surface area contributed by atoms with Crippen molar-refractivity contribution in [3.8, 4) is 0 Å². The van der Waals surface area contributed by atoms with E-state index in [0.717, 1.165) is 24.0 Å². The van der Waals surface area contributed by atoms with Crippen molar-refractivity contribution in [3.05, 3.63) is 28.5 Å². The number of carbonyl (C=O) groups excluding carboxylic acids is 1. The lowest BCUT2D eigenvalue weighted by Gasteiger charge is -2.46. The molecule has 108 valence electrons. The summed E-state index contributed by atoms with van der Waals surface area (Å²) in [6.45, 7) is 3.18. The second-order valence-corrected chi connectivity index (χ2v) is 6.24. The van der Waals surface area contributed by atoms with Gasteiger partial charge in [0, 0.05) is 36.5 Å². The van der Waals surface area contributed by atoms with E-state index in [1.807, 2.05) is 4.90 Å². The third-order valence-electron chi connectivity index (χ3n) is 4.05. The minimum atomic E-state index is 0.0628. The van der Waals surface area contributed by atoms with Gasteiger partial charge in [-0.3, -0.25) is 9.78 Å². The first kappa shape index (κ1) is 14.0. The number of likely N-dealkylation sites (N-methyl/N-ethyl adjacent to an activating group) is 1. The fourth-order valence-corrected chi connectivity index (χ4v) is 3.41. The second kappa shape index (κ2) is 5.79. The summed E-state index contributed by atoms with van der Waals surface area (Å²) in [4.78, 5) is 21.0. The largest absolute Gasteiger partial charge is 0.374 e. The van der Waals surface area contributed by atoms with E-state index < -0.39 is 0 Å². The van der Waals surface area contributed by atoms with Gasteiger partial charge in [0.25, 0.3) is 5.91 Å². The SMILES string of the molecule is CN1CC[C@@H]2OCCN(C(=O)c3ccncc3Br)[C@@H]2C1. The maximum Gasteiger partial charge on any atom is 0.255 e. The lowest BCUT2D eigenvalue weighted by molar-refractivity contribution is -0.0870. The number of pyridine rings is 1. The van der Waals surface area contributed by atoms with E-state index in [1.165, 1.54) is 0 Å². The zero-order chi connectivity index (χ0) is 14.1. The van der Waals surface area contributed by atoms with Gasteiger partial charge < -0.3 is 14.5 Å². The van der Waals surface area contributed by atoms with Crippen molar-refractivity contribution in [2.45, 2.75) is 18.6 Å². The van der Waals surface area contributed by atoms with E-state index in [9.17, 15) is 4.79 Å². The number of rotatable bonds is 1. The third-order valence-corrected chi connectivity index (χ3v) is 4.68. The van der Waals surface area contributed by atoms with Crippen molar-refractivity contribution in [2.24, 2.45) is 0 Å². The van der Waals surface area contributed by atoms with Crippen LogP contribution in [0.1, 0.15) is 16.8 Å². The van der Waals surface area contributed by atoms with Crippen LogP contribution < -0.4 is 0 Å². The quantitative estimate of drug-likeness (QED) is 0.775. The number of hydrogen-bond donors (Lipinski definition) is 0. The highest BCUT2D eigenvalue weighted by molar-refractivity contribution is 9.10. The van der Waals surface area contributed by atoms with Crippen LogP contribution in [0.3, 0.4) is 0 Å². The number of fused-ring (bicyclic) bond motifs is 1. The number of likely N-dealkylation sites (tertiary alicyclic amines) is 1. The molecule has 0 saturated carbocycles. The number of piperidine rings is 1. The van der Waals surface area contributed by atoms with Gasteiger partial charge in [-0.25, -0.2) is 0 Å². The molecule has 6 heteroatoms. The lowest BCUT2D eigenvalue weighted by Crippen LogP contribution is -2.60. The molecule has 0 N–H and O–H groups in total. The Balaban J connectivity index is 1.84. The molecule has 0 radical (unpaired) electrons. The highest BCUT2D eigenvalue weighted by atomic mass is 79.9. The van der Waals surface area contributed by atoms with Gasteiger partial charge in [-0.05, 0) is 35.5 Å². The van der Waals surface area contributed by atoms with Gasteiger partial charge in [0.05, 0.1) is 24.3 Å². The number of amides is 1. The van der Waals surface area contributed by atoms with Crippen LogP contribution in [0, 0.1) is 0 Å². The predicted molar refractivity (Wildman–Crippen MR) is 78.6 cm³/mol. The topological polar surface area (TPSA) is 45.7 Å². The average Bonchev–Trinajstić information content (AvgIpc) is 2.46. The molecule has 2 saturated heterocycles. The molecule has 3 rings (SSSR count). The summed E-state index contributed by atoms with van der Waals surface area (Å²) in [5, 5.41) is 0. The smallest absolute Gasteiger partial charge is 0.255 e. The molecular formula is C14H18BrN3O2. The molecule has 3 heterocycles. The van der Waals surface area contributed by atoms with Crippen molar-refractivity contribution in [1.29, 1.82) is 0 Å². The Labute approximate surface area is 127 Å². The summed E-state index contributed by atoms with van der Waals surface area (Å²) < 4.78 is 6.58. The molecule has 0 unspecified atom stereocenters. The standard InChI is InChI=1S/C14H18BrN3O2/c1-17-5-3-13-12(9-17)18(6-7-20-13)14(19)10-2-4-16-8-11(10)15/h2,4,8,12-13H,3,5-7,9H2,1H3/t12-,13+/m1/s1. The van der Waals surface area contributed by atoms with Crippen LogP contribution in [0.2, 0.25) is 0 Å². The van der Waals surface area contributed by atoms with E-state index >= 15 is 0 Å². The fourth-order valence-electron chi connectivity index (χ4n) is 2.99. The zero-order valence-corrected chi connectivity index (χ0v) is 13.0. The summed E-state index contributed by atoms with van der Waals surface area (Å²) in [5.74, 6) is 0.0628. The first-order chi connectivity index (χ1) is 9.66. The number of aromatic nitrogens is 1. The van der Waals surface area contributed by atoms with Gasteiger partial charge in [-0.2, -0.15) is 0 Å². The van der Waals surface area contributed by atoms with Crippen LogP contribution in [-0.4, -0.2) is 66.1 Å². The van der Waals surface area contributed by atoms with E-state index in [0.29, 0.717) is 18.7 Å². The molecule has 20 heavy (non-hydrogen) atoms. The third kappa shape index (κ3) is 2.60. The van der Waals surface area contributed by atoms with Crippen molar-refractivity contribution in [1.82, 2.24) is 14.8 Å². The number of nitrogens with zero attached hydrogens (tertiary/aromatic N) is 3. The van der Waals surface area contributed by atoms with Gasteiger partial charge in [0.2, 0.25) is 0 Å². The number of hydrogen-bond acceptors (Lipinski definition) is 4. The Hall–Kier alpha value is -0.980. The van der Waals surface area contributed by atoms with Crippen LogP contribution in [0.25, 0.3) is 0 Å². The van der Waals surface area contributed by atoms with Crippen LogP contribution >= 0.6 is 15.9 Å². The molecule has 1 aromatic rings. The molecule has 2 atom stereocenters. The van der Waals surface area contributed by atoms with Gasteiger partial charge >= 0.3 is 0 Å². The highest BCUT2D eigenvalue weighted by Crippen LogP contribution is 2.25. The van der Waals surface area contributed by atoms with E-state index in [1.54, 1.807) is 18.5 Å². The number of carbonyl (C=O) groups is 1. The van der Waals surface area contributed by atoms with E-state index in [-0.39, 0.29) is 18.1 Å². The minimum absolute atomic E-state index is 0.0628. The summed E-state index contributed by atoms with van der Waals surface area (Å²) in [7, 11) is 2.09. The molecule has 2 aliphatic rings. The molecular weight excluding hydrogens is 322 g/mol. The summed E-state index contributed by atoms with van der Waals surface area (Å²) >= 11 is 3.41. The van der Waals surface area contributed by atoms with Crippen molar-refractivity contribution in [3.63, 3.8) is 0 Å². The van der Waals surface area contributed by atoms with Crippen molar-refractivity contribution < 1.29 is 9.53 Å². The fraction of sp³-hybridized carbons (Fsp3) is 0.571. The Morgan fingerprint density at radius 2 is 2.35 bits per heavy atom. The van der Waals surface area contributed by atoms with Crippen LogP contribution in [0.15, 0.2) is 22.9 Å². The molecule has 5 nitrogen and oxygen atoms in total. The molecule has 2 fully saturated rings. The maximum atomic E-state index is 12.8. The number of halogens is 1. The van der Waals surface area contributed by atoms with Crippen LogP contribution in [0.4, 0.5) is 0 Å². The monoisotopic (exact) mass is 339 g/mol. The van der Waals surface area contributed by atoms with Crippen molar-refractivity contribution in [2.75, 3.05) is 33.3 Å². The number of morpholine rings is 1. The van der Waals surface area contributed by atoms with Crippen LogP contribution in [0.5, 0.6) is 0 Å². The van der Waals surface area contributed by atoms with E-state index in [4.69, 9.17) is 4.74 Å². The molecule has 1 aromatic heterocycles. The zero-order valence-electron chi connectivity index (χ0n) is 11.5. The Morgan fingerprint density at radius 3 is 3.15 bits per heavy atom. The normalized spacial score (nSPS) is 27.2. The lowest BCUT2D eigenvalue weighted by atomic mass is 9.98.